The van der Waals surface area contributed by atoms with E-state index in [1.165, 1.54) is 23.3 Å². The van der Waals surface area contributed by atoms with Crippen molar-refractivity contribution in [1.29, 1.82) is 0 Å². The molecule has 2 aliphatic heterocycles. The Hall–Kier alpha value is -2.31. The first-order valence-electron chi connectivity index (χ1n) is 9.38. The van der Waals surface area contributed by atoms with Crippen LogP contribution in [0.4, 0.5) is 13.2 Å². The Balaban J connectivity index is 1.47. The monoisotopic (exact) mass is 389 g/mol. The Labute approximate surface area is 162 Å². The zero-order valence-corrected chi connectivity index (χ0v) is 15.4. The van der Waals surface area contributed by atoms with Gasteiger partial charge in [0.2, 0.25) is 0 Å². The van der Waals surface area contributed by atoms with Crippen LogP contribution in [0, 0.1) is 0 Å². The summed E-state index contributed by atoms with van der Waals surface area (Å²) in [5.74, 6) is -0.171. The summed E-state index contributed by atoms with van der Waals surface area (Å²) in [4.78, 5) is 2.46. The number of alkyl halides is 3. The highest BCUT2D eigenvalue weighted by Crippen LogP contribution is 2.31. The molecule has 2 aliphatic rings. The summed E-state index contributed by atoms with van der Waals surface area (Å²) in [7, 11) is 0. The molecule has 1 saturated heterocycles. The van der Waals surface area contributed by atoms with E-state index in [0.717, 1.165) is 18.5 Å². The number of fused-ring (bicyclic) bond motifs is 2. The molecule has 0 radical (unpaired) electrons. The lowest BCUT2D eigenvalue weighted by atomic mass is 9.90. The van der Waals surface area contributed by atoms with E-state index in [2.05, 4.69) is 27.8 Å². The molecule has 2 heterocycles. The molecule has 0 N–H and O–H groups in total. The highest BCUT2D eigenvalue weighted by atomic mass is 19.4. The normalized spacial score (nSPS) is 22.6. The fourth-order valence-corrected chi connectivity index (χ4v) is 4.04. The second kappa shape index (κ2) is 7.97. The first-order chi connectivity index (χ1) is 13.5. The average molecular weight is 389 g/mol. The lowest BCUT2D eigenvalue weighted by Crippen LogP contribution is -2.53. The van der Waals surface area contributed by atoms with Crippen LogP contribution in [-0.4, -0.2) is 36.6 Å². The predicted molar refractivity (Wildman–Crippen MR) is 99.9 cm³/mol. The van der Waals surface area contributed by atoms with E-state index in [9.17, 15) is 13.2 Å². The Morgan fingerprint density at radius 3 is 2.54 bits per heavy atom. The minimum Gasteiger partial charge on any atom is -0.406 e. The maximum Gasteiger partial charge on any atom is 0.573 e. The lowest BCUT2D eigenvalue weighted by molar-refractivity contribution is -0.274. The van der Waals surface area contributed by atoms with Crippen LogP contribution in [-0.2, 0) is 17.7 Å². The molecule has 2 aromatic rings. The predicted octanol–water partition coefficient (Wildman–Crippen LogP) is 4.73. The average Bonchev–Trinajstić information content (AvgIpc) is 2.62. The zero-order valence-electron chi connectivity index (χ0n) is 15.4. The summed E-state index contributed by atoms with van der Waals surface area (Å²) < 4.78 is 47.2. The Kier molecular flexibility index (Phi) is 5.42. The number of rotatable bonds is 5. The van der Waals surface area contributed by atoms with Crippen LogP contribution in [0.25, 0.3) is 0 Å². The van der Waals surface area contributed by atoms with E-state index >= 15 is 0 Å². The third-order valence-electron chi connectivity index (χ3n) is 5.19. The van der Waals surface area contributed by atoms with Gasteiger partial charge in [-0.1, -0.05) is 54.1 Å². The lowest BCUT2D eigenvalue weighted by Gasteiger charge is -2.45. The number of nitrogens with zero attached hydrogens (tertiary/aromatic N) is 1. The van der Waals surface area contributed by atoms with Gasteiger partial charge >= 0.3 is 6.36 Å². The van der Waals surface area contributed by atoms with Crippen LogP contribution in [0.1, 0.15) is 17.5 Å². The number of hydrogen-bond acceptors (Lipinski definition) is 3. The molecule has 4 rings (SSSR count). The van der Waals surface area contributed by atoms with Gasteiger partial charge in [0.05, 0.1) is 19.3 Å². The quantitative estimate of drug-likeness (QED) is 0.691. The SMILES string of the molecule is FC(F)(F)Oc1cccc(CC2=CC3COCC(C2)N3Cc2ccccc2)c1. The van der Waals surface area contributed by atoms with E-state index in [-0.39, 0.29) is 17.8 Å². The zero-order chi connectivity index (χ0) is 19.6. The molecular formula is C22H22F3NO2. The van der Waals surface area contributed by atoms with Crippen molar-refractivity contribution in [2.24, 2.45) is 0 Å². The van der Waals surface area contributed by atoms with Crippen molar-refractivity contribution >= 4 is 0 Å². The number of benzene rings is 2. The third kappa shape index (κ3) is 4.75. The fraction of sp³-hybridized carbons (Fsp3) is 0.364. The molecule has 0 saturated carbocycles. The van der Waals surface area contributed by atoms with E-state index in [1.54, 1.807) is 6.07 Å². The molecule has 6 heteroatoms. The highest BCUT2D eigenvalue weighted by Gasteiger charge is 2.34. The molecule has 0 amide bonds. The van der Waals surface area contributed by atoms with Crippen LogP contribution < -0.4 is 4.74 Å². The van der Waals surface area contributed by atoms with Crippen molar-refractivity contribution in [3.8, 4) is 5.75 Å². The van der Waals surface area contributed by atoms with E-state index in [0.29, 0.717) is 19.6 Å². The van der Waals surface area contributed by atoms with E-state index in [4.69, 9.17) is 4.74 Å². The standard InChI is InChI=1S/C22H22F3NO2/c23-22(24,25)28-21-8-4-7-17(12-21)9-18-10-19-14-27-15-20(11-18)26(19)13-16-5-2-1-3-6-16/h1-8,10,12,19-20H,9,11,13-15H2. The van der Waals surface area contributed by atoms with Gasteiger partial charge in [-0.2, -0.15) is 0 Å². The molecule has 2 atom stereocenters. The van der Waals surface area contributed by atoms with Crippen LogP contribution in [0.2, 0.25) is 0 Å². The Bertz CT molecular complexity index is 835. The molecule has 2 aromatic carbocycles. The topological polar surface area (TPSA) is 21.7 Å². The molecule has 0 aliphatic carbocycles. The first kappa shape index (κ1) is 19.0. The van der Waals surface area contributed by atoms with E-state index < -0.39 is 6.36 Å². The number of halogens is 3. The van der Waals surface area contributed by atoms with Gasteiger partial charge in [-0.15, -0.1) is 13.2 Å². The largest absolute Gasteiger partial charge is 0.573 e. The molecule has 3 nitrogen and oxygen atoms in total. The maximum absolute atomic E-state index is 12.5. The van der Waals surface area contributed by atoms with Crippen LogP contribution in [0.5, 0.6) is 5.75 Å². The van der Waals surface area contributed by atoms with Gasteiger partial charge < -0.3 is 9.47 Å². The number of morpholine rings is 1. The smallest absolute Gasteiger partial charge is 0.406 e. The maximum atomic E-state index is 12.5. The van der Waals surface area contributed by atoms with Crippen molar-refractivity contribution in [3.05, 3.63) is 77.4 Å². The number of hydrogen-bond donors (Lipinski definition) is 0. The summed E-state index contributed by atoms with van der Waals surface area (Å²) in [6.45, 7) is 2.19. The van der Waals surface area contributed by atoms with Gasteiger partial charge in [0.15, 0.2) is 0 Å². The summed E-state index contributed by atoms with van der Waals surface area (Å²) in [5, 5.41) is 0. The summed E-state index contributed by atoms with van der Waals surface area (Å²) in [5.41, 5.74) is 3.34. The van der Waals surface area contributed by atoms with Gasteiger partial charge in [-0.05, 0) is 36.1 Å². The van der Waals surface area contributed by atoms with Gasteiger partial charge in [0, 0.05) is 12.6 Å². The minimum absolute atomic E-state index is 0.171. The molecule has 148 valence electrons. The third-order valence-corrected chi connectivity index (χ3v) is 5.19. The van der Waals surface area contributed by atoms with Gasteiger partial charge in [0.1, 0.15) is 5.75 Å². The van der Waals surface area contributed by atoms with Crippen molar-refractivity contribution in [2.45, 2.75) is 37.8 Å². The van der Waals surface area contributed by atoms with Crippen LogP contribution in [0.3, 0.4) is 0 Å². The molecule has 0 spiro atoms. The van der Waals surface area contributed by atoms with Gasteiger partial charge in [0.25, 0.3) is 0 Å². The molecule has 28 heavy (non-hydrogen) atoms. The minimum atomic E-state index is -4.67. The van der Waals surface area contributed by atoms with Crippen molar-refractivity contribution in [3.63, 3.8) is 0 Å². The number of ether oxygens (including phenoxy) is 2. The molecule has 0 aromatic heterocycles. The van der Waals surface area contributed by atoms with Crippen LogP contribution in [0.15, 0.2) is 66.2 Å². The molecule has 2 bridgehead atoms. The summed E-state index contributed by atoms with van der Waals surface area (Å²) >= 11 is 0. The highest BCUT2D eigenvalue weighted by molar-refractivity contribution is 5.33. The molecule has 1 fully saturated rings. The summed E-state index contributed by atoms with van der Waals surface area (Å²) in [6.07, 6.45) is -0.972. The van der Waals surface area contributed by atoms with Crippen molar-refractivity contribution < 1.29 is 22.6 Å². The van der Waals surface area contributed by atoms with Gasteiger partial charge in [-0.25, -0.2) is 0 Å². The first-order valence-corrected chi connectivity index (χ1v) is 9.38. The Morgan fingerprint density at radius 1 is 1.00 bits per heavy atom. The fourth-order valence-electron chi connectivity index (χ4n) is 4.04. The van der Waals surface area contributed by atoms with E-state index in [1.807, 2.05) is 24.3 Å². The molecule has 2 unspecified atom stereocenters. The van der Waals surface area contributed by atoms with Crippen LogP contribution >= 0.6 is 0 Å². The van der Waals surface area contributed by atoms with Crippen molar-refractivity contribution in [1.82, 2.24) is 4.90 Å². The molecular weight excluding hydrogens is 367 g/mol. The Morgan fingerprint density at radius 2 is 1.79 bits per heavy atom. The van der Waals surface area contributed by atoms with Gasteiger partial charge in [-0.3, -0.25) is 4.90 Å². The second-order valence-electron chi connectivity index (χ2n) is 7.32. The van der Waals surface area contributed by atoms with Crippen molar-refractivity contribution in [2.75, 3.05) is 13.2 Å². The second-order valence-corrected chi connectivity index (χ2v) is 7.32. The summed E-state index contributed by atoms with van der Waals surface area (Å²) in [6, 6.07) is 17.1.